The van der Waals surface area contributed by atoms with Crippen molar-refractivity contribution in [2.24, 2.45) is 0 Å². The van der Waals surface area contributed by atoms with Crippen LogP contribution in [-0.2, 0) is 23.8 Å². The van der Waals surface area contributed by atoms with Gasteiger partial charge < -0.3 is 45.1 Å². The molecule has 0 radical (unpaired) electrons. The highest BCUT2D eigenvalue weighted by Crippen LogP contribution is 2.26. The Morgan fingerprint density at radius 2 is 0.956 bits per heavy atom. The highest BCUT2D eigenvalue weighted by Gasteiger charge is 2.47. The zero-order chi connectivity index (χ0) is 49.7. The fourth-order valence-corrected chi connectivity index (χ4v) is 9.30. The van der Waals surface area contributed by atoms with Crippen LogP contribution < -0.4 is 5.32 Å². The minimum absolute atomic E-state index is 0.131. The Balaban J connectivity index is 2.72. The number of carbonyl (C=O) groups excluding carboxylic acids is 2. The van der Waals surface area contributed by atoms with Crippen LogP contribution in [0, 0.1) is 0 Å². The molecule has 0 bridgehead atoms. The van der Waals surface area contributed by atoms with Crippen molar-refractivity contribution in [3.8, 4) is 0 Å². The number of aliphatic hydroxyl groups is 5. The number of hydrogen-bond acceptors (Lipinski definition) is 10. The molecule has 0 spiro atoms. The van der Waals surface area contributed by atoms with E-state index in [1.54, 1.807) is 6.08 Å². The molecule has 8 atom stereocenters. The number of amides is 1. The maximum absolute atomic E-state index is 13.4. The summed E-state index contributed by atoms with van der Waals surface area (Å²) >= 11 is 0. The summed E-state index contributed by atoms with van der Waals surface area (Å²) in [6, 6.07) is -1.01. The van der Waals surface area contributed by atoms with E-state index < -0.39 is 67.4 Å². The second kappa shape index (κ2) is 46.5. The number of aliphatic hydroxyl groups excluding tert-OH is 5. The Hall–Kier alpha value is -1.60. The van der Waals surface area contributed by atoms with Gasteiger partial charge in [-0.2, -0.15) is 0 Å². The third kappa shape index (κ3) is 34.7. The fraction of sp³-hybridized carbons (Fsp3) is 0.930. The summed E-state index contributed by atoms with van der Waals surface area (Å²) in [5.41, 5.74) is 0. The Kier molecular flexibility index (Phi) is 44.0. The molecule has 0 aromatic rings. The van der Waals surface area contributed by atoms with E-state index in [1.807, 2.05) is 6.08 Å². The van der Waals surface area contributed by atoms with Gasteiger partial charge in [-0.15, -0.1) is 0 Å². The van der Waals surface area contributed by atoms with Gasteiger partial charge in [0.25, 0.3) is 0 Å². The average molecular weight is 968 g/mol. The lowest BCUT2D eigenvalue weighted by Gasteiger charge is -2.41. The number of esters is 1. The molecular formula is C57H109NO10. The normalized spacial score (nSPS) is 19.9. The summed E-state index contributed by atoms with van der Waals surface area (Å²) in [5, 5.41) is 56.8. The van der Waals surface area contributed by atoms with Gasteiger partial charge in [0.2, 0.25) is 5.91 Å². The quantitative estimate of drug-likeness (QED) is 0.0196. The second-order valence-corrected chi connectivity index (χ2v) is 20.4. The van der Waals surface area contributed by atoms with Crippen molar-refractivity contribution in [3.63, 3.8) is 0 Å². The number of allylic oxidation sites excluding steroid dienone is 1. The number of rotatable bonds is 49. The van der Waals surface area contributed by atoms with Crippen molar-refractivity contribution in [3.05, 3.63) is 12.2 Å². The Morgan fingerprint density at radius 1 is 0.559 bits per heavy atom. The molecule has 6 N–H and O–H groups in total. The van der Waals surface area contributed by atoms with E-state index in [1.165, 1.54) is 173 Å². The van der Waals surface area contributed by atoms with Crippen LogP contribution in [0.15, 0.2) is 12.2 Å². The van der Waals surface area contributed by atoms with E-state index in [0.29, 0.717) is 19.3 Å². The zero-order valence-corrected chi connectivity index (χ0v) is 44.2. The predicted molar refractivity (Wildman–Crippen MR) is 278 cm³/mol. The molecule has 1 aliphatic heterocycles. The first-order chi connectivity index (χ1) is 33.2. The molecule has 1 heterocycles. The maximum Gasteiger partial charge on any atom is 0.306 e. The first-order valence-electron chi connectivity index (χ1n) is 29.0. The first kappa shape index (κ1) is 64.4. The van der Waals surface area contributed by atoms with Crippen molar-refractivity contribution in [2.75, 3.05) is 13.2 Å². The largest absolute Gasteiger partial charge is 0.454 e. The molecule has 1 rings (SSSR count). The first-order valence-corrected chi connectivity index (χ1v) is 29.0. The molecule has 68 heavy (non-hydrogen) atoms. The van der Waals surface area contributed by atoms with Crippen LogP contribution in [0.5, 0.6) is 0 Å². The molecule has 1 amide bonds. The predicted octanol–water partition coefficient (Wildman–Crippen LogP) is 12.8. The molecule has 0 aliphatic carbocycles. The van der Waals surface area contributed by atoms with Crippen LogP contribution in [0.25, 0.3) is 0 Å². The topological polar surface area (TPSA) is 175 Å². The summed E-state index contributed by atoms with van der Waals surface area (Å²) in [7, 11) is 0. The van der Waals surface area contributed by atoms with E-state index >= 15 is 0 Å². The lowest BCUT2D eigenvalue weighted by atomic mass is 9.99. The number of unbranched alkanes of at least 4 members (excludes halogenated alkanes) is 35. The molecule has 11 heteroatoms. The van der Waals surface area contributed by atoms with E-state index in [9.17, 15) is 35.1 Å². The minimum Gasteiger partial charge on any atom is -0.454 e. The fourth-order valence-electron chi connectivity index (χ4n) is 9.30. The molecule has 11 nitrogen and oxygen atoms in total. The van der Waals surface area contributed by atoms with E-state index in [0.717, 1.165) is 57.8 Å². The highest BCUT2D eigenvalue weighted by molar-refractivity contribution is 5.80. The van der Waals surface area contributed by atoms with Crippen LogP contribution in [0.1, 0.15) is 278 Å². The second-order valence-electron chi connectivity index (χ2n) is 20.4. The van der Waals surface area contributed by atoms with Crippen LogP contribution in [0.2, 0.25) is 0 Å². The third-order valence-electron chi connectivity index (χ3n) is 13.9. The van der Waals surface area contributed by atoms with Gasteiger partial charge in [-0.25, -0.2) is 0 Å². The standard InChI is InChI=1S/C57H109NO10/c1-4-7-10-13-16-19-22-25-27-29-32-35-38-41-44-50(61)56(65)58-48(49(60)43-40-37-34-31-28-24-21-18-15-12-9-6-3)47-66-57-55(54(64)53(63)51(46-59)67-57)68-52(62)45-42-39-36-33-30-26-23-20-17-14-11-8-5-2/h40,43,48-51,53-55,57,59-61,63-64H,4-39,41-42,44-47H2,1-3H3,(H,58,65)/b43-40+. The average Bonchev–Trinajstić information content (AvgIpc) is 3.33. The van der Waals surface area contributed by atoms with Gasteiger partial charge in [-0.3, -0.25) is 9.59 Å². The van der Waals surface area contributed by atoms with Crippen molar-refractivity contribution in [1.29, 1.82) is 0 Å². The lowest BCUT2D eigenvalue weighted by molar-refractivity contribution is -0.305. The van der Waals surface area contributed by atoms with Gasteiger partial charge in [0.1, 0.15) is 24.4 Å². The van der Waals surface area contributed by atoms with Gasteiger partial charge in [0, 0.05) is 6.42 Å². The Morgan fingerprint density at radius 3 is 1.38 bits per heavy atom. The number of carbonyl (C=O) groups is 2. The molecule has 0 saturated carbocycles. The Bertz CT molecular complexity index is 1160. The van der Waals surface area contributed by atoms with Crippen molar-refractivity contribution in [2.45, 2.75) is 327 Å². The van der Waals surface area contributed by atoms with E-state index in [-0.39, 0.29) is 13.0 Å². The molecular weight excluding hydrogens is 859 g/mol. The molecule has 1 fully saturated rings. The molecule has 0 aromatic carbocycles. The lowest BCUT2D eigenvalue weighted by Crippen LogP contribution is -2.61. The van der Waals surface area contributed by atoms with Gasteiger partial charge in [-0.1, -0.05) is 258 Å². The third-order valence-corrected chi connectivity index (χ3v) is 13.9. The summed E-state index contributed by atoms with van der Waals surface area (Å²) in [5.74, 6) is -1.18. The van der Waals surface area contributed by atoms with Crippen LogP contribution in [0.4, 0.5) is 0 Å². The van der Waals surface area contributed by atoms with Crippen LogP contribution in [-0.4, -0.2) is 99.6 Å². The van der Waals surface area contributed by atoms with Crippen LogP contribution >= 0.6 is 0 Å². The molecule has 1 aliphatic rings. The number of hydrogen-bond donors (Lipinski definition) is 6. The maximum atomic E-state index is 13.4. The number of nitrogens with one attached hydrogen (secondary N) is 1. The smallest absolute Gasteiger partial charge is 0.306 e. The molecule has 1 saturated heterocycles. The summed E-state index contributed by atoms with van der Waals surface area (Å²) in [6.45, 7) is 5.79. The van der Waals surface area contributed by atoms with Gasteiger partial charge >= 0.3 is 5.97 Å². The van der Waals surface area contributed by atoms with Crippen molar-refractivity contribution < 1.29 is 49.3 Å². The van der Waals surface area contributed by atoms with Crippen LogP contribution in [0.3, 0.4) is 0 Å². The summed E-state index contributed by atoms with van der Waals surface area (Å²) in [6.07, 6.45) is 39.7. The highest BCUT2D eigenvalue weighted by atomic mass is 16.7. The van der Waals surface area contributed by atoms with E-state index in [4.69, 9.17) is 14.2 Å². The molecule has 402 valence electrons. The zero-order valence-electron chi connectivity index (χ0n) is 44.2. The van der Waals surface area contributed by atoms with Crippen molar-refractivity contribution in [1.82, 2.24) is 5.32 Å². The van der Waals surface area contributed by atoms with Gasteiger partial charge in [0.15, 0.2) is 12.4 Å². The monoisotopic (exact) mass is 968 g/mol. The number of ether oxygens (including phenoxy) is 3. The van der Waals surface area contributed by atoms with E-state index in [2.05, 4.69) is 26.1 Å². The van der Waals surface area contributed by atoms with Gasteiger partial charge in [-0.05, 0) is 25.7 Å². The summed E-state index contributed by atoms with van der Waals surface area (Å²) < 4.78 is 17.6. The SMILES string of the molecule is CCCCCCCCCCCC/C=C/C(O)C(COC1OC(CO)C(O)C(O)C1OC(=O)CCCCCCCCCCCCCCC)NC(=O)C(O)CCCCCCCCCCCCCCCC. The Labute approximate surface area is 417 Å². The summed E-state index contributed by atoms with van der Waals surface area (Å²) in [4.78, 5) is 26.4. The molecule has 8 unspecified atom stereocenters. The minimum atomic E-state index is -1.60. The van der Waals surface area contributed by atoms with Gasteiger partial charge in [0.05, 0.1) is 25.4 Å². The molecule has 0 aromatic heterocycles. The van der Waals surface area contributed by atoms with Crippen molar-refractivity contribution >= 4 is 11.9 Å².